The lowest BCUT2D eigenvalue weighted by molar-refractivity contribution is -0.123. The van der Waals surface area contributed by atoms with E-state index in [1.807, 2.05) is 85.9 Å². The number of rotatable bonds is 9. The van der Waals surface area contributed by atoms with Crippen molar-refractivity contribution in [2.75, 3.05) is 19.6 Å². The Kier molecular flexibility index (Phi) is 8.29. The van der Waals surface area contributed by atoms with E-state index in [2.05, 4.69) is 21.3 Å². The number of urea groups is 1. The van der Waals surface area contributed by atoms with Gasteiger partial charge in [-0.1, -0.05) is 79.7 Å². The standard InChI is InChI=1S/C25H30N4O2/c1-2-15-27-24(30)23(29-25(31)28-18-19-10-9-16-26-17-19)22(20-11-5-3-6-12-20)21-13-7-4-8-14-21/h3-14,17,22-23,26H,2,15-16,18H2,1H3,(H,27,30)(H2,28,29,31)/t23-/m0/s1. The van der Waals surface area contributed by atoms with Gasteiger partial charge in [-0.25, -0.2) is 4.79 Å². The number of hydrogen-bond acceptors (Lipinski definition) is 3. The molecule has 2 aromatic carbocycles. The molecule has 0 bridgehead atoms. The summed E-state index contributed by atoms with van der Waals surface area (Å²) < 4.78 is 0. The zero-order valence-corrected chi connectivity index (χ0v) is 17.8. The molecule has 2 aromatic rings. The summed E-state index contributed by atoms with van der Waals surface area (Å²) in [7, 11) is 0. The van der Waals surface area contributed by atoms with Gasteiger partial charge in [-0.2, -0.15) is 0 Å². The van der Waals surface area contributed by atoms with Gasteiger partial charge in [0.2, 0.25) is 5.91 Å². The Labute approximate surface area is 183 Å². The third kappa shape index (κ3) is 6.47. The molecule has 0 saturated carbocycles. The summed E-state index contributed by atoms with van der Waals surface area (Å²) in [5.74, 6) is -0.520. The molecule has 3 amide bonds. The average molecular weight is 419 g/mol. The normalized spacial score (nSPS) is 13.7. The summed E-state index contributed by atoms with van der Waals surface area (Å²) in [6.07, 6.45) is 6.66. The minimum atomic E-state index is -0.759. The van der Waals surface area contributed by atoms with Crippen molar-refractivity contribution in [1.82, 2.24) is 21.3 Å². The predicted molar refractivity (Wildman–Crippen MR) is 124 cm³/mol. The topological polar surface area (TPSA) is 82.3 Å². The maximum absolute atomic E-state index is 13.1. The molecule has 1 aliphatic rings. The van der Waals surface area contributed by atoms with E-state index in [-0.39, 0.29) is 17.9 Å². The summed E-state index contributed by atoms with van der Waals surface area (Å²) in [5.41, 5.74) is 2.90. The highest BCUT2D eigenvalue weighted by Gasteiger charge is 2.32. The van der Waals surface area contributed by atoms with Crippen LogP contribution in [0.3, 0.4) is 0 Å². The molecule has 3 rings (SSSR count). The highest BCUT2D eigenvalue weighted by Crippen LogP contribution is 2.28. The molecule has 0 aromatic heterocycles. The predicted octanol–water partition coefficient (Wildman–Crippen LogP) is 3.06. The van der Waals surface area contributed by atoms with Crippen LogP contribution in [0.2, 0.25) is 0 Å². The zero-order chi connectivity index (χ0) is 21.9. The molecule has 6 heteroatoms. The second kappa shape index (κ2) is 11.6. The van der Waals surface area contributed by atoms with Crippen LogP contribution < -0.4 is 21.3 Å². The molecule has 0 radical (unpaired) electrons. The molecule has 4 N–H and O–H groups in total. The van der Waals surface area contributed by atoms with Crippen LogP contribution in [0, 0.1) is 0 Å². The Bertz CT molecular complexity index is 870. The number of amides is 3. The van der Waals surface area contributed by atoms with Crippen LogP contribution in [0.25, 0.3) is 0 Å². The van der Waals surface area contributed by atoms with Crippen molar-refractivity contribution < 1.29 is 9.59 Å². The molecule has 0 aliphatic carbocycles. The second-order valence-electron chi connectivity index (χ2n) is 7.42. The van der Waals surface area contributed by atoms with Gasteiger partial charge in [0.15, 0.2) is 0 Å². The largest absolute Gasteiger partial charge is 0.387 e. The molecule has 0 spiro atoms. The smallest absolute Gasteiger partial charge is 0.315 e. The Balaban J connectivity index is 1.84. The van der Waals surface area contributed by atoms with Crippen molar-refractivity contribution in [3.05, 3.63) is 95.7 Å². The van der Waals surface area contributed by atoms with Crippen molar-refractivity contribution in [1.29, 1.82) is 0 Å². The van der Waals surface area contributed by atoms with Crippen molar-refractivity contribution in [2.45, 2.75) is 25.3 Å². The molecule has 1 heterocycles. The first-order chi connectivity index (χ1) is 15.2. The van der Waals surface area contributed by atoms with E-state index in [1.165, 1.54) is 0 Å². The van der Waals surface area contributed by atoms with Crippen LogP contribution in [-0.2, 0) is 4.79 Å². The van der Waals surface area contributed by atoms with Gasteiger partial charge in [-0.15, -0.1) is 0 Å². The summed E-state index contributed by atoms with van der Waals surface area (Å²) in [6, 6.07) is 18.5. The van der Waals surface area contributed by atoms with Crippen LogP contribution in [0.4, 0.5) is 4.79 Å². The van der Waals surface area contributed by atoms with Crippen molar-refractivity contribution in [3.8, 4) is 0 Å². The van der Waals surface area contributed by atoms with E-state index < -0.39 is 6.04 Å². The van der Waals surface area contributed by atoms with Crippen molar-refractivity contribution >= 4 is 11.9 Å². The number of hydrogen-bond donors (Lipinski definition) is 4. The minimum absolute atomic E-state index is 0.201. The molecule has 0 saturated heterocycles. The van der Waals surface area contributed by atoms with Crippen molar-refractivity contribution in [2.24, 2.45) is 0 Å². The number of dihydropyridines is 1. The number of benzene rings is 2. The van der Waals surface area contributed by atoms with Gasteiger partial charge >= 0.3 is 6.03 Å². The van der Waals surface area contributed by atoms with E-state index in [9.17, 15) is 9.59 Å². The molecule has 0 unspecified atom stereocenters. The highest BCUT2D eigenvalue weighted by molar-refractivity contribution is 5.88. The third-order valence-corrected chi connectivity index (χ3v) is 5.08. The lowest BCUT2D eigenvalue weighted by Crippen LogP contribution is -2.53. The second-order valence-corrected chi connectivity index (χ2v) is 7.42. The van der Waals surface area contributed by atoms with E-state index in [0.717, 1.165) is 29.7 Å². The zero-order valence-electron chi connectivity index (χ0n) is 17.8. The molecule has 31 heavy (non-hydrogen) atoms. The Hall–Kier alpha value is -3.54. The first-order valence-electron chi connectivity index (χ1n) is 10.7. The minimum Gasteiger partial charge on any atom is -0.387 e. The first-order valence-corrected chi connectivity index (χ1v) is 10.7. The summed E-state index contributed by atoms with van der Waals surface area (Å²) in [6.45, 7) is 3.71. The number of nitrogens with one attached hydrogen (secondary N) is 4. The summed E-state index contributed by atoms with van der Waals surface area (Å²) in [5, 5.41) is 11.9. The van der Waals surface area contributed by atoms with Gasteiger partial charge in [0.25, 0.3) is 0 Å². The molecular weight excluding hydrogens is 388 g/mol. The van der Waals surface area contributed by atoms with Crippen LogP contribution in [0.5, 0.6) is 0 Å². The maximum atomic E-state index is 13.1. The first kappa shape index (κ1) is 22.2. The third-order valence-electron chi connectivity index (χ3n) is 5.08. The summed E-state index contributed by atoms with van der Waals surface area (Å²) >= 11 is 0. The number of carbonyl (C=O) groups excluding carboxylic acids is 2. The van der Waals surface area contributed by atoms with E-state index in [0.29, 0.717) is 13.1 Å². The lowest BCUT2D eigenvalue weighted by atomic mass is 9.84. The Morgan fingerprint density at radius 3 is 2.16 bits per heavy atom. The molecule has 1 atom stereocenters. The average Bonchev–Trinajstić information content (AvgIpc) is 2.83. The van der Waals surface area contributed by atoms with Gasteiger partial charge in [-0.05, 0) is 23.1 Å². The Morgan fingerprint density at radius 1 is 0.968 bits per heavy atom. The van der Waals surface area contributed by atoms with Gasteiger partial charge in [0.05, 0.1) is 0 Å². The fraction of sp³-hybridized carbons (Fsp3) is 0.280. The van der Waals surface area contributed by atoms with Crippen LogP contribution in [0.1, 0.15) is 30.4 Å². The van der Waals surface area contributed by atoms with E-state index in [4.69, 9.17) is 0 Å². The lowest BCUT2D eigenvalue weighted by Gasteiger charge is -2.28. The van der Waals surface area contributed by atoms with Crippen LogP contribution in [-0.4, -0.2) is 37.6 Å². The quantitative estimate of drug-likeness (QED) is 0.505. The fourth-order valence-electron chi connectivity index (χ4n) is 3.56. The molecule has 6 nitrogen and oxygen atoms in total. The van der Waals surface area contributed by atoms with E-state index >= 15 is 0 Å². The SMILES string of the molecule is CCCNC(=O)[C@@H](NC(=O)NCC1=CNCC=C1)C(c1ccccc1)c1ccccc1. The molecule has 1 aliphatic heterocycles. The van der Waals surface area contributed by atoms with E-state index in [1.54, 1.807) is 0 Å². The fourth-order valence-corrected chi connectivity index (χ4v) is 3.56. The Morgan fingerprint density at radius 2 is 1.61 bits per heavy atom. The van der Waals surface area contributed by atoms with Gasteiger partial charge in [0, 0.05) is 31.8 Å². The summed E-state index contributed by atoms with van der Waals surface area (Å²) in [4.78, 5) is 25.9. The maximum Gasteiger partial charge on any atom is 0.315 e. The van der Waals surface area contributed by atoms with Crippen LogP contribution >= 0.6 is 0 Å². The van der Waals surface area contributed by atoms with Crippen LogP contribution in [0.15, 0.2) is 84.6 Å². The van der Waals surface area contributed by atoms with Gasteiger partial charge in [0.1, 0.15) is 6.04 Å². The van der Waals surface area contributed by atoms with Crippen molar-refractivity contribution in [3.63, 3.8) is 0 Å². The molecule has 0 fully saturated rings. The molecular formula is C25H30N4O2. The number of carbonyl (C=O) groups is 2. The van der Waals surface area contributed by atoms with Gasteiger partial charge < -0.3 is 21.3 Å². The highest BCUT2D eigenvalue weighted by atomic mass is 16.2. The monoisotopic (exact) mass is 418 g/mol. The van der Waals surface area contributed by atoms with Gasteiger partial charge in [-0.3, -0.25) is 4.79 Å². The molecule has 162 valence electrons.